The highest BCUT2D eigenvalue weighted by atomic mass is 79.9. The number of carboxylic acids is 1. The van der Waals surface area contributed by atoms with E-state index in [0.717, 1.165) is 5.56 Å². The number of hydrogen-bond acceptors (Lipinski definition) is 3. The van der Waals surface area contributed by atoms with Gasteiger partial charge >= 0.3 is 5.97 Å². The van der Waals surface area contributed by atoms with Gasteiger partial charge < -0.3 is 10.4 Å². The lowest BCUT2D eigenvalue weighted by atomic mass is 10.1. The Morgan fingerprint density at radius 2 is 1.95 bits per heavy atom. The zero-order valence-corrected chi connectivity index (χ0v) is 12.6. The average molecular weight is 349 g/mol. The number of anilines is 1. The highest BCUT2D eigenvalue weighted by Crippen LogP contribution is 2.20. The number of carbonyl (C=O) groups excluding carboxylic acids is 1. The maximum atomic E-state index is 12.2. The minimum Gasteiger partial charge on any atom is -0.481 e. The number of para-hydroxylation sites is 1. The number of rotatable bonds is 5. The normalized spacial score (nSPS) is 10.1. The van der Waals surface area contributed by atoms with Crippen LogP contribution in [0.3, 0.4) is 0 Å². The fraction of sp³-hybridized carbons (Fsp3) is 0.133. The summed E-state index contributed by atoms with van der Waals surface area (Å²) < 4.78 is 0.463. The summed E-state index contributed by atoms with van der Waals surface area (Å²) in [6, 6.07) is 10.5. The van der Waals surface area contributed by atoms with Gasteiger partial charge in [-0.1, -0.05) is 18.2 Å². The van der Waals surface area contributed by atoms with Crippen molar-refractivity contribution in [2.75, 3.05) is 5.32 Å². The van der Waals surface area contributed by atoms with Gasteiger partial charge in [0.1, 0.15) is 4.60 Å². The van der Waals surface area contributed by atoms with Gasteiger partial charge in [-0.25, -0.2) is 4.98 Å². The van der Waals surface area contributed by atoms with E-state index in [1.54, 1.807) is 36.5 Å². The molecule has 0 fully saturated rings. The molecule has 0 aliphatic rings. The molecule has 1 amide bonds. The molecule has 5 nitrogen and oxygen atoms in total. The van der Waals surface area contributed by atoms with Crippen LogP contribution in [-0.2, 0) is 11.2 Å². The molecule has 2 aromatic rings. The first-order valence-electron chi connectivity index (χ1n) is 6.29. The molecule has 0 saturated carbocycles. The van der Waals surface area contributed by atoms with E-state index in [1.165, 1.54) is 0 Å². The molecule has 1 aromatic heterocycles. The number of nitrogens with zero attached hydrogens (tertiary/aromatic N) is 1. The molecule has 0 spiro atoms. The van der Waals surface area contributed by atoms with E-state index < -0.39 is 5.97 Å². The van der Waals surface area contributed by atoms with Crippen LogP contribution in [0.4, 0.5) is 5.69 Å². The molecule has 1 heterocycles. The summed E-state index contributed by atoms with van der Waals surface area (Å²) in [4.78, 5) is 26.9. The van der Waals surface area contributed by atoms with Gasteiger partial charge in [0, 0.05) is 18.3 Å². The van der Waals surface area contributed by atoms with Gasteiger partial charge in [-0.05, 0) is 46.1 Å². The van der Waals surface area contributed by atoms with Crippen LogP contribution in [0.15, 0.2) is 47.2 Å². The van der Waals surface area contributed by atoms with E-state index in [4.69, 9.17) is 5.11 Å². The lowest BCUT2D eigenvalue weighted by Crippen LogP contribution is -2.14. The predicted molar refractivity (Wildman–Crippen MR) is 82.3 cm³/mol. The molecule has 2 rings (SSSR count). The first kappa shape index (κ1) is 15.2. The number of nitrogens with one attached hydrogen (secondary N) is 1. The minimum absolute atomic E-state index is 0.0173. The number of aromatic nitrogens is 1. The summed E-state index contributed by atoms with van der Waals surface area (Å²) in [5.74, 6) is -1.16. The van der Waals surface area contributed by atoms with Gasteiger partial charge in [-0.15, -0.1) is 0 Å². The summed E-state index contributed by atoms with van der Waals surface area (Å²) in [5.41, 5.74) is 1.82. The van der Waals surface area contributed by atoms with Gasteiger partial charge in [-0.2, -0.15) is 0 Å². The number of carboxylic acid groups (broad SMARTS) is 1. The number of aliphatic carboxylic acids is 1. The Kier molecular flexibility index (Phi) is 5.05. The van der Waals surface area contributed by atoms with E-state index in [9.17, 15) is 9.59 Å². The number of amides is 1. The topological polar surface area (TPSA) is 79.3 Å². The molecule has 0 unspecified atom stereocenters. The average Bonchev–Trinajstić information content (AvgIpc) is 2.46. The van der Waals surface area contributed by atoms with Crippen LogP contribution in [0, 0.1) is 0 Å². The number of carbonyl (C=O) groups is 2. The van der Waals surface area contributed by atoms with Gasteiger partial charge in [0.05, 0.1) is 5.56 Å². The minimum atomic E-state index is -0.869. The van der Waals surface area contributed by atoms with Crippen LogP contribution in [-0.4, -0.2) is 22.0 Å². The number of halogens is 1. The standard InChI is InChI=1S/C15H13BrN2O3/c16-14-11(5-3-9-17-14)15(21)18-12-6-2-1-4-10(12)7-8-13(19)20/h1-6,9H,7-8H2,(H,18,21)(H,19,20). The van der Waals surface area contributed by atoms with E-state index in [1.807, 2.05) is 6.07 Å². The van der Waals surface area contributed by atoms with E-state index in [-0.39, 0.29) is 12.3 Å². The Morgan fingerprint density at radius 1 is 1.19 bits per heavy atom. The molecule has 108 valence electrons. The summed E-state index contributed by atoms with van der Waals surface area (Å²) in [6.45, 7) is 0. The number of pyridine rings is 1. The lowest BCUT2D eigenvalue weighted by molar-refractivity contribution is -0.136. The molecule has 21 heavy (non-hydrogen) atoms. The molecular weight excluding hydrogens is 336 g/mol. The predicted octanol–water partition coefficient (Wildman–Crippen LogP) is 3.11. The Bertz CT molecular complexity index is 673. The molecular formula is C15H13BrN2O3. The maximum Gasteiger partial charge on any atom is 0.303 e. The summed E-state index contributed by atoms with van der Waals surface area (Å²) in [6.07, 6.45) is 1.96. The quantitative estimate of drug-likeness (QED) is 0.813. The fourth-order valence-electron chi connectivity index (χ4n) is 1.85. The molecule has 0 aliphatic heterocycles. The summed E-state index contributed by atoms with van der Waals surface area (Å²) >= 11 is 3.23. The van der Waals surface area contributed by atoms with Crippen LogP contribution in [0.1, 0.15) is 22.3 Å². The van der Waals surface area contributed by atoms with Crippen molar-refractivity contribution in [2.24, 2.45) is 0 Å². The molecule has 0 radical (unpaired) electrons. The molecule has 0 saturated heterocycles. The van der Waals surface area contributed by atoms with Gasteiger partial charge in [0.2, 0.25) is 0 Å². The van der Waals surface area contributed by atoms with Crippen molar-refractivity contribution in [1.29, 1.82) is 0 Å². The molecule has 2 N–H and O–H groups in total. The number of hydrogen-bond donors (Lipinski definition) is 2. The van der Waals surface area contributed by atoms with Crippen molar-refractivity contribution in [3.05, 3.63) is 58.3 Å². The maximum absolute atomic E-state index is 12.2. The van der Waals surface area contributed by atoms with Crippen LogP contribution in [0.5, 0.6) is 0 Å². The second kappa shape index (κ2) is 6.99. The Balaban J connectivity index is 2.18. The van der Waals surface area contributed by atoms with Crippen LogP contribution in [0.2, 0.25) is 0 Å². The van der Waals surface area contributed by atoms with Crippen molar-refractivity contribution in [3.63, 3.8) is 0 Å². The zero-order chi connectivity index (χ0) is 15.2. The number of aryl methyl sites for hydroxylation is 1. The van der Waals surface area contributed by atoms with Crippen molar-refractivity contribution < 1.29 is 14.7 Å². The second-order valence-electron chi connectivity index (χ2n) is 4.35. The summed E-state index contributed by atoms with van der Waals surface area (Å²) in [7, 11) is 0. The van der Waals surface area contributed by atoms with Gasteiger partial charge in [-0.3, -0.25) is 9.59 Å². The molecule has 0 bridgehead atoms. The Hall–Kier alpha value is -2.21. The fourth-order valence-corrected chi connectivity index (χ4v) is 2.28. The SMILES string of the molecule is O=C(O)CCc1ccccc1NC(=O)c1cccnc1Br. The van der Waals surface area contributed by atoms with Gasteiger partial charge in [0.15, 0.2) is 0 Å². The lowest BCUT2D eigenvalue weighted by Gasteiger charge is -2.11. The largest absolute Gasteiger partial charge is 0.481 e. The van der Waals surface area contributed by atoms with Crippen LogP contribution < -0.4 is 5.32 Å². The highest BCUT2D eigenvalue weighted by Gasteiger charge is 2.12. The van der Waals surface area contributed by atoms with Crippen molar-refractivity contribution in [3.8, 4) is 0 Å². The van der Waals surface area contributed by atoms with E-state index in [0.29, 0.717) is 22.3 Å². The van der Waals surface area contributed by atoms with Crippen molar-refractivity contribution in [2.45, 2.75) is 12.8 Å². The first-order chi connectivity index (χ1) is 10.1. The molecule has 6 heteroatoms. The highest BCUT2D eigenvalue weighted by molar-refractivity contribution is 9.10. The van der Waals surface area contributed by atoms with E-state index >= 15 is 0 Å². The third-order valence-corrected chi connectivity index (χ3v) is 3.51. The Labute approximate surface area is 130 Å². The second-order valence-corrected chi connectivity index (χ2v) is 5.10. The van der Waals surface area contributed by atoms with Crippen molar-refractivity contribution in [1.82, 2.24) is 4.98 Å². The smallest absolute Gasteiger partial charge is 0.303 e. The monoisotopic (exact) mass is 348 g/mol. The van der Waals surface area contributed by atoms with Gasteiger partial charge in [0.25, 0.3) is 5.91 Å². The van der Waals surface area contributed by atoms with E-state index in [2.05, 4.69) is 26.2 Å². The van der Waals surface area contributed by atoms with Crippen LogP contribution in [0.25, 0.3) is 0 Å². The third-order valence-electron chi connectivity index (χ3n) is 2.88. The third kappa shape index (κ3) is 4.13. The number of benzene rings is 1. The first-order valence-corrected chi connectivity index (χ1v) is 7.09. The Morgan fingerprint density at radius 3 is 2.67 bits per heavy atom. The summed E-state index contributed by atoms with van der Waals surface area (Å²) in [5, 5.41) is 11.5. The van der Waals surface area contributed by atoms with Crippen molar-refractivity contribution >= 4 is 33.5 Å². The molecule has 0 atom stereocenters. The molecule has 1 aromatic carbocycles. The zero-order valence-electron chi connectivity index (χ0n) is 11.0. The van der Waals surface area contributed by atoms with Crippen LogP contribution >= 0.6 is 15.9 Å². The molecule has 0 aliphatic carbocycles.